The summed E-state index contributed by atoms with van der Waals surface area (Å²) >= 11 is 0. The van der Waals surface area contributed by atoms with E-state index in [2.05, 4.69) is 9.88 Å². The fraction of sp³-hybridized carbons (Fsp3) is 0.533. The summed E-state index contributed by atoms with van der Waals surface area (Å²) in [6.45, 7) is 1.91. The lowest BCUT2D eigenvalue weighted by Gasteiger charge is -2.26. The molecule has 1 aromatic rings. The van der Waals surface area contributed by atoms with Crippen molar-refractivity contribution < 1.29 is 39.5 Å². The standard InChI is InChI=1S/C9H15N5O.C6H8O7/c10-7-6-8(12-9(11)14(7)15)13-4-2-1-3-5-13;7-3(8)1-6(13,5(11)12)2-4(9)10/h6H,1-5,10H2,(H2,11,12);13H,1-2H2,(H,7,8)(H,9,10)(H,11,12). The third-order valence-electron chi connectivity index (χ3n) is 3.91. The highest BCUT2D eigenvalue weighted by molar-refractivity contribution is 5.88. The Hall–Kier alpha value is -3.35. The van der Waals surface area contributed by atoms with E-state index >= 15 is 0 Å². The van der Waals surface area contributed by atoms with Gasteiger partial charge in [-0.25, -0.2) is 9.52 Å². The Kier molecular flexibility index (Phi) is 7.74. The van der Waals surface area contributed by atoms with Gasteiger partial charge in [0.1, 0.15) is 0 Å². The Bertz CT molecular complexity index is 696. The lowest BCUT2D eigenvalue weighted by molar-refractivity contribution is -0.576. The molecule has 1 aromatic heterocycles. The van der Waals surface area contributed by atoms with Crippen molar-refractivity contribution in [3.63, 3.8) is 0 Å². The van der Waals surface area contributed by atoms with Crippen LogP contribution in [0.25, 0.3) is 0 Å². The second-order valence-electron chi connectivity index (χ2n) is 6.22. The summed E-state index contributed by atoms with van der Waals surface area (Å²) in [4.78, 5) is 36.6. The van der Waals surface area contributed by atoms with Crippen molar-refractivity contribution >= 4 is 35.5 Å². The third-order valence-corrected chi connectivity index (χ3v) is 3.91. The molecule has 1 saturated heterocycles. The number of carboxylic acid groups (broad SMARTS) is 3. The van der Waals surface area contributed by atoms with Gasteiger partial charge in [-0.05, 0) is 19.3 Å². The molecule has 0 spiro atoms. The van der Waals surface area contributed by atoms with Crippen molar-refractivity contribution in [3.8, 4) is 0 Å². The number of nitrogens with two attached hydrogens (primary N) is 2. The second kappa shape index (κ2) is 9.55. The highest BCUT2D eigenvalue weighted by Gasteiger charge is 2.40. The van der Waals surface area contributed by atoms with Crippen LogP contribution in [0.3, 0.4) is 0 Å². The minimum atomic E-state index is -2.74. The van der Waals surface area contributed by atoms with Gasteiger partial charge in [-0.15, -0.1) is 0 Å². The molecule has 1 fully saturated rings. The van der Waals surface area contributed by atoms with Crippen LogP contribution in [0.1, 0.15) is 32.1 Å². The first-order valence-corrected chi connectivity index (χ1v) is 8.26. The maximum atomic E-state index is 11.2. The van der Waals surface area contributed by atoms with Crippen LogP contribution in [0, 0.1) is 5.21 Å². The zero-order chi connectivity index (χ0) is 21.5. The van der Waals surface area contributed by atoms with E-state index in [4.69, 9.17) is 31.9 Å². The molecule has 2 heterocycles. The summed E-state index contributed by atoms with van der Waals surface area (Å²) in [5, 5.41) is 45.0. The Balaban J connectivity index is 0.000000284. The summed E-state index contributed by atoms with van der Waals surface area (Å²) in [6, 6.07) is 1.58. The van der Waals surface area contributed by atoms with Crippen LogP contribution < -0.4 is 21.1 Å². The van der Waals surface area contributed by atoms with E-state index in [1.54, 1.807) is 6.07 Å². The van der Waals surface area contributed by atoms with Gasteiger partial charge in [0.25, 0.3) is 0 Å². The monoisotopic (exact) mass is 401 g/mol. The molecule has 0 saturated carbocycles. The Labute approximate surface area is 159 Å². The number of hydrogen-bond acceptors (Lipinski definition) is 9. The van der Waals surface area contributed by atoms with Crippen molar-refractivity contribution in [2.24, 2.45) is 0 Å². The number of anilines is 3. The van der Waals surface area contributed by atoms with E-state index in [-0.39, 0.29) is 11.8 Å². The fourth-order valence-corrected chi connectivity index (χ4v) is 2.52. The van der Waals surface area contributed by atoms with Gasteiger partial charge in [-0.3, -0.25) is 9.59 Å². The first-order chi connectivity index (χ1) is 13.0. The number of hydrogen-bond donors (Lipinski definition) is 6. The normalized spacial score (nSPS) is 14.0. The number of aromatic nitrogens is 2. The molecular formula is C15H23N5O8. The molecule has 0 aliphatic carbocycles. The van der Waals surface area contributed by atoms with Crippen LogP contribution in [0.15, 0.2) is 6.07 Å². The van der Waals surface area contributed by atoms with Gasteiger partial charge >= 0.3 is 23.9 Å². The molecule has 0 unspecified atom stereocenters. The van der Waals surface area contributed by atoms with Crippen molar-refractivity contribution in [1.29, 1.82) is 0 Å². The first-order valence-electron chi connectivity index (χ1n) is 8.26. The van der Waals surface area contributed by atoms with Crippen molar-refractivity contribution in [3.05, 3.63) is 11.3 Å². The minimum absolute atomic E-state index is 0.0874. The van der Waals surface area contributed by atoms with E-state index < -0.39 is 36.4 Å². The average Bonchev–Trinajstić information content (AvgIpc) is 2.59. The van der Waals surface area contributed by atoms with E-state index in [0.717, 1.165) is 25.9 Å². The summed E-state index contributed by atoms with van der Waals surface area (Å²) < 4.78 is 0.438. The molecule has 0 bridgehead atoms. The molecule has 0 radical (unpaired) electrons. The molecular weight excluding hydrogens is 378 g/mol. The molecule has 0 aromatic carbocycles. The number of aliphatic hydroxyl groups is 1. The van der Waals surface area contributed by atoms with Crippen LogP contribution in [0.5, 0.6) is 0 Å². The SMILES string of the molecule is Nc1cc(N2CCCCC2)nc(N)[n+]1[O-].O=C(O)CC(O)(CC(=O)O)C(=O)O. The molecule has 13 heteroatoms. The predicted molar refractivity (Wildman–Crippen MR) is 95.2 cm³/mol. The molecule has 1 aliphatic heterocycles. The van der Waals surface area contributed by atoms with E-state index in [0.29, 0.717) is 10.5 Å². The van der Waals surface area contributed by atoms with Gasteiger partial charge in [0.15, 0.2) is 17.2 Å². The molecule has 1 aliphatic rings. The van der Waals surface area contributed by atoms with E-state index in [1.807, 2.05) is 0 Å². The minimum Gasteiger partial charge on any atom is -0.754 e. The molecule has 8 N–H and O–H groups in total. The predicted octanol–water partition coefficient (Wildman–Crippen LogP) is -1.38. The van der Waals surface area contributed by atoms with Crippen LogP contribution in [0.2, 0.25) is 0 Å². The van der Waals surface area contributed by atoms with Crippen molar-refractivity contribution in [2.75, 3.05) is 29.5 Å². The van der Waals surface area contributed by atoms with Crippen LogP contribution in [0.4, 0.5) is 17.6 Å². The number of carboxylic acids is 3. The first kappa shape index (κ1) is 22.7. The molecule has 13 nitrogen and oxygen atoms in total. The number of rotatable bonds is 6. The maximum absolute atomic E-state index is 11.2. The van der Waals surface area contributed by atoms with Gasteiger partial charge in [0, 0.05) is 13.1 Å². The van der Waals surface area contributed by atoms with E-state index in [1.165, 1.54) is 6.42 Å². The number of carbonyl (C=O) groups is 3. The zero-order valence-electron chi connectivity index (χ0n) is 14.9. The third kappa shape index (κ3) is 6.42. The smallest absolute Gasteiger partial charge is 0.346 e. The molecule has 156 valence electrons. The molecule has 28 heavy (non-hydrogen) atoms. The van der Waals surface area contributed by atoms with Crippen LogP contribution in [-0.4, -0.2) is 62.0 Å². The summed E-state index contributed by atoms with van der Waals surface area (Å²) in [6.07, 6.45) is 1.25. The zero-order valence-corrected chi connectivity index (χ0v) is 14.9. The number of piperidine rings is 1. The Morgan fingerprint density at radius 2 is 1.61 bits per heavy atom. The average molecular weight is 401 g/mol. The summed E-state index contributed by atoms with van der Waals surface area (Å²) in [5.74, 6) is -4.30. The molecule has 0 amide bonds. The van der Waals surface area contributed by atoms with Crippen LogP contribution in [-0.2, 0) is 14.4 Å². The maximum Gasteiger partial charge on any atom is 0.346 e. The van der Waals surface area contributed by atoms with Crippen molar-refractivity contribution in [1.82, 2.24) is 4.98 Å². The Morgan fingerprint density at radius 1 is 1.11 bits per heavy atom. The number of nitrogen functional groups attached to an aromatic ring is 2. The van der Waals surface area contributed by atoms with Gasteiger partial charge in [-0.1, -0.05) is 4.98 Å². The quantitative estimate of drug-likeness (QED) is 0.239. The lowest BCUT2D eigenvalue weighted by Crippen LogP contribution is -2.42. The molecule has 2 rings (SSSR count). The second-order valence-corrected chi connectivity index (χ2v) is 6.22. The van der Waals surface area contributed by atoms with Crippen molar-refractivity contribution in [2.45, 2.75) is 37.7 Å². The fourth-order valence-electron chi connectivity index (χ4n) is 2.52. The lowest BCUT2D eigenvalue weighted by atomic mass is 9.96. The van der Waals surface area contributed by atoms with Gasteiger partial charge in [0.05, 0.1) is 18.9 Å². The summed E-state index contributed by atoms with van der Waals surface area (Å²) in [7, 11) is 0. The number of nitrogens with zero attached hydrogens (tertiary/aromatic N) is 3. The van der Waals surface area contributed by atoms with Gasteiger partial charge in [-0.2, -0.15) is 0 Å². The highest BCUT2D eigenvalue weighted by atomic mass is 16.5. The summed E-state index contributed by atoms with van der Waals surface area (Å²) in [5.41, 5.74) is 8.25. The highest BCUT2D eigenvalue weighted by Crippen LogP contribution is 2.19. The topological polar surface area (TPSA) is 227 Å². The molecule has 0 atom stereocenters. The van der Waals surface area contributed by atoms with Gasteiger partial charge in [0.2, 0.25) is 0 Å². The Morgan fingerprint density at radius 3 is 2.00 bits per heavy atom. The van der Waals surface area contributed by atoms with E-state index in [9.17, 15) is 19.6 Å². The number of aliphatic carboxylic acids is 3. The van der Waals surface area contributed by atoms with Gasteiger partial charge < -0.3 is 42.0 Å². The van der Waals surface area contributed by atoms with Crippen LogP contribution >= 0.6 is 0 Å². The largest absolute Gasteiger partial charge is 0.754 e.